The summed E-state index contributed by atoms with van der Waals surface area (Å²) in [7, 11) is 0. The molecule has 7 heteroatoms. The molecule has 7 nitrogen and oxygen atoms in total. The summed E-state index contributed by atoms with van der Waals surface area (Å²) in [6, 6.07) is 1.31. The molecule has 2 heterocycles. The van der Waals surface area contributed by atoms with Crippen LogP contribution < -0.4 is 5.56 Å². The molecule has 0 saturated carbocycles. The molecule has 1 aromatic heterocycles. The molecule has 0 aromatic carbocycles. The first-order chi connectivity index (χ1) is 8.02. The van der Waals surface area contributed by atoms with Gasteiger partial charge in [-0.2, -0.15) is 0 Å². The third kappa shape index (κ3) is 2.22. The number of nitrogens with one attached hydrogen (secondary N) is 1. The van der Waals surface area contributed by atoms with Gasteiger partial charge in [0.05, 0.1) is 6.61 Å². The van der Waals surface area contributed by atoms with E-state index >= 15 is 0 Å². The van der Waals surface area contributed by atoms with Crippen molar-refractivity contribution in [1.82, 2.24) is 9.97 Å². The number of rotatable bonds is 2. The van der Waals surface area contributed by atoms with Gasteiger partial charge in [-0.15, -0.1) is 0 Å². The SMILES string of the molecule is Cc1cc(=O)[nH]c([C@@H]2O[C@H](CO)[C@@H](O)[C@H]2O)n1. The van der Waals surface area contributed by atoms with Crippen LogP contribution in [0.15, 0.2) is 10.9 Å². The van der Waals surface area contributed by atoms with Gasteiger partial charge in [-0.05, 0) is 6.92 Å². The Morgan fingerprint density at radius 2 is 2.18 bits per heavy atom. The van der Waals surface area contributed by atoms with Crippen molar-refractivity contribution in [3.05, 3.63) is 27.9 Å². The van der Waals surface area contributed by atoms with Gasteiger partial charge in [0.2, 0.25) is 0 Å². The van der Waals surface area contributed by atoms with Crippen LogP contribution in [-0.4, -0.2) is 50.2 Å². The Balaban J connectivity index is 2.31. The summed E-state index contributed by atoms with van der Waals surface area (Å²) in [5, 5.41) is 28.3. The average Bonchev–Trinajstić information content (AvgIpc) is 2.54. The highest BCUT2D eigenvalue weighted by molar-refractivity contribution is 5.07. The molecule has 1 saturated heterocycles. The highest BCUT2D eigenvalue weighted by Crippen LogP contribution is 2.31. The minimum atomic E-state index is -1.22. The van der Waals surface area contributed by atoms with Gasteiger partial charge in [0.25, 0.3) is 5.56 Å². The maximum absolute atomic E-state index is 11.3. The molecule has 2 rings (SSSR count). The standard InChI is InChI=1S/C10H14N2O5/c1-4-2-6(14)12-10(11-4)9-8(16)7(15)5(3-13)17-9/h2,5,7-9,13,15-16H,3H2,1H3,(H,11,12,14)/t5-,7-,8-,9-/m1/s1. The fraction of sp³-hybridized carbons (Fsp3) is 0.600. The van der Waals surface area contributed by atoms with Crippen LogP contribution >= 0.6 is 0 Å². The molecule has 1 fully saturated rings. The van der Waals surface area contributed by atoms with E-state index in [1.165, 1.54) is 6.07 Å². The normalized spacial score (nSPS) is 32.9. The van der Waals surface area contributed by atoms with Gasteiger partial charge < -0.3 is 25.0 Å². The van der Waals surface area contributed by atoms with Gasteiger partial charge in [-0.3, -0.25) is 4.79 Å². The Morgan fingerprint density at radius 1 is 1.47 bits per heavy atom. The molecule has 0 amide bonds. The second kappa shape index (κ2) is 4.53. The number of hydrogen-bond acceptors (Lipinski definition) is 6. The smallest absolute Gasteiger partial charge is 0.251 e. The maximum Gasteiger partial charge on any atom is 0.251 e. The summed E-state index contributed by atoms with van der Waals surface area (Å²) in [6.45, 7) is 1.23. The highest BCUT2D eigenvalue weighted by atomic mass is 16.6. The Labute approximate surface area is 96.7 Å². The first-order valence-corrected chi connectivity index (χ1v) is 5.23. The van der Waals surface area contributed by atoms with Crippen LogP contribution in [0, 0.1) is 6.92 Å². The maximum atomic E-state index is 11.3. The molecule has 0 radical (unpaired) electrons. The van der Waals surface area contributed by atoms with Crippen molar-refractivity contribution in [3.8, 4) is 0 Å². The number of aliphatic hydroxyl groups excluding tert-OH is 3. The summed E-state index contributed by atoms with van der Waals surface area (Å²) >= 11 is 0. The van der Waals surface area contributed by atoms with Crippen molar-refractivity contribution in [1.29, 1.82) is 0 Å². The molecule has 0 aliphatic carbocycles. The van der Waals surface area contributed by atoms with Crippen molar-refractivity contribution in [2.75, 3.05) is 6.61 Å². The monoisotopic (exact) mass is 242 g/mol. The molecular weight excluding hydrogens is 228 g/mol. The van der Waals surface area contributed by atoms with Crippen LogP contribution in [0.2, 0.25) is 0 Å². The fourth-order valence-electron chi connectivity index (χ4n) is 1.86. The van der Waals surface area contributed by atoms with E-state index in [-0.39, 0.29) is 11.4 Å². The summed E-state index contributed by atoms with van der Waals surface area (Å²) in [5.41, 5.74) is 0.131. The summed E-state index contributed by atoms with van der Waals surface area (Å²) in [6.07, 6.45) is -4.23. The number of aryl methyl sites for hydroxylation is 1. The summed E-state index contributed by atoms with van der Waals surface area (Å²) in [4.78, 5) is 17.7. The Bertz CT molecular complexity index is 460. The third-order valence-electron chi connectivity index (χ3n) is 2.70. The molecule has 0 spiro atoms. The number of aromatic amines is 1. The minimum absolute atomic E-state index is 0.150. The van der Waals surface area contributed by atoms with Crippen LogP contribution in [0.1, 0.15) is 17.6 Å². The van der Waals surface area contributed by atoms with Crippen molar-refractivity contribution in [3.63, 3.8) is 0 Å². The quantitative estimate of drug-likeness (QED) is 0.488. The number of H-pyrrole nitrogens is 1. The van der Waals surface area contributed by atoms with Gasteiger partial charge in [0.1, 0.15) is 30.2 Å². The molecule has 17 heavy (non-hydrogen) atoms. The number of ether oxygens (including phenoxy) is 1. The first kappa shape index (κ1) is 12.2. The molecule has 0 bridgehead atoms. The van der Waals surface area contributed by atoms with Crippen LogP contribution in [0.5, 0.6) is 0 Å². The third-order valence-corrected chi connectivity index (χ3v) is 2.70. The second-order valence-electron chi connectivity index (χ2n) is 4.03. The van der Waals surface area contributed by atoms with Gasteiger partial charge in [0, 0.05) is 11.8 Å². The molecule has 1 aliphatic rings. The zero-order valence-corrected chi connectivity index (χ0v) is 9.20. The predicted octanol–water partition coefficient (Wildman–Crippen LogP) is -1.77. The lowest BCUT2D eigenvalue weighted by Crippen LogP contribution is -2.32. The van der Waals surface area contributed by atoms with E-state index in [1.807, 2.05) is 0 Å². The molecule has 0 unspecified atom stereocenters. The van der Waals surface area contributed by atoms with Crippen LogP contribution in [-0.2, 0) is 4.74 Å². The van der Waals surface area contributed by atoms with Gasteiger partial charge in [-0.1, -0.05) is 0 Å². The van der Waals surface area contributed by atoms with Crippen LogP contribution in [0.3, 0.4) is 0 Å². The summed E-state index contributed by atoms with van der Waals surface area (Å²) in [5.74, 6) is 0.150. The minimum Gasteiger partial charge on any atom is -0.394 e. The van der Waals surface area contributed by atoms with Crippen LogP contribution in [0.4, 0.5) is 0 Å². The predicted molar refractivity (Wildman–Crippen MR) is 56.3 cm³/mol. The zero-order chi connectivity index (χ0) is 12.6. The van der Waals surface area contributed by atoms with Crippen molar-refractivity contribution < 1.29 is 20.1 Å². The molecule has 4 N–H and O–H groups in total. The average molecular weight is 242 g/mol. The molecule has 94 valence electrons. The van der Waals surface area contributed by atoms with Crippen molar-refractivity contribution in [2.24, 2.45) is 0 Å². The van der Waals surface area contributed by atoms with Crippen LogP contribution in [0.25, 0.3) is 0 Å². The number of aliphatic hydroxyl groups is 3. The second-order valence-corrected chi connectivity index (χ2v) is 4.03. The van der Waals surface area contributed by atoms with E-state index in [0.717, 1.165) is 0 Å². The topological polar surface area (TPSA) is 116 Å². The van der Waals surface area contributed by atoms with E-state index in [0.29, 0.717) is 5.69 Å². The molecular formula is C10H14N2O5. The summed E-state index contributed by atoms with van der Waals surface area (Å²) < 4.78 is 5.25. The number of hydrogen-bond donors (Lipinski definition) is 4. The Kier molecular flexibility index (Phi) is 3.25. The fourth-order valence-corrected chi connectivity index (χ4v) is 1.86. The highest BCUT2D eigenvalue weighted by Gasteiger charge is 2.44. The van der Waals surface area contributed by atoms with Gasteiger partial charge in [-0.25, -0.2) is 4.98 Å². The largest absolute Gasteiger partial charge is 0.394 e. The molecule has 1 aliphatic heterocycles. The lowest BCUT2D eigenvalue weighted by atomic mass is 10.1. The number of nitrogens with zero attached hydrogens (tertiary/aromatic N) is 1. The van der Waals surface area contributed by atoms with Gasteiger partial charge >= 0.3 is 0 Å². The van der Waals surface area contributed by atoms with Crippen molar-refractivity contribution in [2.45, 2.75) is 31.3 Å². The lowest BCUT2D eigenvalue weighted by molar-refractivity contribution is -0.0254. The zero-order valence-electron chi connectivity index (χ0n) is 9.20. The lowest BCUT2D eigenvalue weighted by Gasteiger charge is -2.13. The molecule has 1 aromatic rings. The van der Waals surface area contributed by atoms with E-state index < -0.39 is 31.0 Å². The van der Waals surface area contributed by atoms with E-state index in [2.05, 4.69) is 9.97 Å². The Hall–Kier alpha value is -1.28. The number of aromatic nitrogens is 2. The van der Waals surface area contributed by atoms with E-state index in [1.54, 1.807) is 6.92 Å². The van der Waals surface area contributed by atoms with Crippen molar-refractivity contribution >= 4 is 0 Å². The van der Waals surface area contributed by atoms with Gasteiger partial charge in [0.15, 0.2) is 0 Å². The first-order valence-electron chi connectivity index (χ1n) is 5.23. The van der Waals surface area contributed by atoms with E-state index in [9.17, 15) is 15.0 Å². The molecule has 4 atom stereocenters. The Morgan fingerprint density at radius 3 is 2.71 bits per heavy atom. The van der Waals surface area contributed by atoms with E-state index in [4.69, 9.17) is 9.84 Å².